The van der Waals surface area contributed by atoms with Gasteiger partial charge in [0, 0.05) is 18.4 Å². The van der Waals surface area contributed by atoms with E-state index in [9.17, 15) is 14.4 Å². The second-order valence-electron chi connectivity index (χ2n) is 9.39. The molecule has 0 bridgehead atoms. The van der Waals surface area contributed by atoms with E-state index >= 15 is 0 Å². The lowest BCUT2D eigenvalue weighted by Crippen LogP contribution is -2.49. The summed E-state index contributed by atoms with van der Waals surface area (Å²) in [4.78, 5) is 36.5. The number of carbonyl (C=O) groups is 3. The van der Waals surface area contributed by atoms with Gasteiger partial charge in [0.15, 0.2) is 0 Å². The van der Waals surface area contributed by atoms with Crippen LogP contribution in [0.2, 0.25) is 0 Å². The third-order valence-electron chi connectivity index (χ3n) is 7.19. The molecule has 2 amide bonds. The predicted octanol–water partition coefficient (Wildman–Crippen LogP) is 3.67. The van der Waals surface area contributed by atoms with Crippen molar-refractivity contribution in [1.29, 1.82) is 0 Å². The van der Waals surface area contributed by atoms with Gasteiger partial charge in [-0.05, 0) is 59.8 Å². The van der Waals surface area contributed by atoms with Crippen LogP contribution in [-0.4, -0.2) is 41.8 Å². The van der Waals surface area contributed by atoms with Crippen LogP contribution >= 0.6 is 0 Å². The Bertz CT molecular complexity index is 1030. The number of ether oxygens (including phenoxy) is 1. The highest BCUT2D eigenvalue weighted by Crippen LogP contribution is 2.51. The minimum absolute atomic E-state index is 0.0188. The minimum Gasteiger partial charge on any atom is -0.481 e. The summed E-state index contributed by atoms with van der Waals surface area (Å²) in [6.07, 6.45) is 2.27. The standard InChI is InChI=1S/C26H28N2O5/c29-24(30)10-9-23(25(31)27-17-12-15-11-16(15)13-17)28-26(32)33-14-22-20-7-3-1-5-18(20)19-6-2-4-8-21(19)22/h1-8,15-17,22-23H,9-14H2,(H,27,31)(H,28,32)(H,29,30). The summed E-state index contributed by atoms with van der Waals surface area (Å²) in [7, 11) is 0. The van der Waals surface area contributed by atoms with Gasteiger partial charge >= 0.3 is 12.1 Å². The molecule has 7 nitrogen and oxygen atoms in total. The first kappa shape index (κ1) is 21.5. The number of carboxylic acid groups (broad SMARTS) is 1. The summed E-state index contributed by atoms with van der Waals surface area (Å²) < 4.78 is 5.54. The van der Waals surface area contributed by atoms with Crippen molar-refractivity contribution in [1.82, 2.24) is 10.6 Å². The molecule has 0 spiro atoms. The number of hydrogen-bond acceptors (Lipinski definition) is 4. The quantitative estimate of drug-likeness (QED) is 0.572. The summed E-state index contributed by atoms with van der Waals surface area (Å²) in [6.45, 7) is 0.138. The average Bonchev–Trinajstić information content (AvgIpc) is 3.29. The fourth-order valence-electron chi connectivity index (χ4n) is 5.45. The molecule has 0 heterocycles. The molecule has 3 N–H and O–H groups in total. The summed E-state index contributed by atoms with van der Waals surface area (Å²) in [6, 6.07) is 15.3. The van der Waals surface area contributed by atoms with Crippen LogP contribution in [-0.2, 0) is 14.3 Å². The molecule has 172 valence electrons. The highest BCUT2D eigenvalue weighted by atomic mass is 16.5. The number of hydrogen-bond donors (Lipinski definition) is 3. The first-order chi connectivity index (χ1) is 16.0. The van der Waals surface area contributed by atoms with Crippen LogP contribution in [0.3, 0.4) is 0 Å². The Balaban J connectivity index is 1.21. The van der Waals surface area contributed by atoms with Crippen LogP contribution in [0.1, 0.15) is 49.1 Å². The van der Waals surface area contributed by atoms with E-state index in [0.717, 1.165) is 35.1 Å². The van der Waals surface area contributed by atoms with E-state index in [1.54, 1.807) is 0 Å². The largest absolute Gasteiger partial charge is 0.481 e. The lowest BCUT2D eigenvalue weighted by Gasteiger charge is -2.22. The number of benzene rings is 2. The minimum atomic E-state index is -1.01. The number of carboxylic acids is 1. The topological polar surface area (TPSA) is 105 Å². The van der Waals surface area contributed by atoms with E-state index in [4.69, 9.17) is 9.84 Å². The Morgan fingerprint density at radius 3 is 2.15 bits per heavy atom. The normalized spacial score (nSPS) is 23.1. The zero-order valence-electron chi connectivity index (χ0n) is 18.3. The van der Waals surface area contributed by atoms with Gasteiger partial charge in [0.1, 0.15) is 12.6 Å². The number of carbonyl (C=O) groups excluding carboxylic acids is 2. The second kappa shape index (κ2) is 8.89. The first-order valence-electron chi connectivity index (χ1n) is 11.6. The van der Waals surface area contributed by atoms with Crippen LogP contribution in [0.15, 0.2) is 48.5 Å². The molecule has 7 heteroatoms. The number of amides is 2. The zero-order valence-corrected chi connectivity index (χ0v) is 18.3. The summed E-state index contributed by atoms with van der Waals surface area (Å²) in [5, 5.41) is 14.7. The number of nitrogens with one attached hydrogen (secondary N) is 2. The highest BCUT2D eigenvalue weighted by molar-refractivity contribution is 5.86. The Morgan fingerprint density at radius 2 is 1.55 bits per heavy atom. The fourth-order valence-corrected chi connectivity index (χ4v) is 5.45. The van der Waals surface area contributed by atoms with E-state index < -0.39 is 18.1 Å². The van der Waals surface area contributed by atoms with Gasteiger partial charge in [-0.2, -0.15) is 0 Å². The molecule has 5 rings (SSSR count). The number of fused-ring (bicyclic) bond motifs is 4. The van der Waals surface area contributed by atoms with Crippen molar-refractivity contribution in [3.05, 3.63) is 59.7 Å². The molecule has 3 aliphatic carbocycles. The van der Waals surface area contributed by atoms with Gasteiger partial charge in [0.25, 0.3) is 0 Å². The van der Waals surface area contributed by atoms with E-state index in [2.05, 4.69) is 22.8 Å². The molecule has 3 atom stereocenters. The summed E-state index contributed by atoms with van der Waals surface area (Å²) in [5.41, 5.74) is 4.48. The van der Waals surface area contributed by atoms with Crippen molar-refractivity contribution in [2.24, 2.45) is 11.8 Å². The van der Waals surface area contributed by atoms with Gasteiger partial charge in [-0.15, -0.1) is 0 Å². The Morgan fingerprint density at radius 1 is 0.939 bits per heavy atom. The lowest BCUT2D eigenvalue weighted by molar-refractivity contribution is -0.137. The number of rotatable bonds is 8. The molecule has 0 saturated heterocycles. The molecule has 3 unspecified atom stereocenters. The molecule has 2 aromatic carbocycles. The maximum absolute atomic E-state index is 12.8. The Kier molecular flexibility index (Phi) is 5.79. The van der Waals surface area contributed by atoms with Crippen molar-refractivity contribution < 1.29 is 24.2 Å². The smallest absolute Gasteiger partial charge is 0.407 e. The predicted molar refractivity (Wildman–Crippen MR) is 122 cm³/mol. The maximum atomic E-state index is 12.8. The number of alkyl carbamates (subject to hydrolysis) is 1. The lowest BCUT2D eigenvalue weighted by atomic mass is 9.98. The SMILES string of the molecule is O=C(O)CCC(NC(=O)OCC1c2ccccc2-c2ccccc21)C(=O)NC1CC2CC2C1. The van der Waals surface area contributed by atoms with Gasteiger partial charge in [-0.3, -0.25) is 9.59 Å². The van der Waals surface area contributed by atoms with Gasteiger partial charge in [0.05, 0.1) is 0 Å². The molecule has 0 aromatic heterocycles. The first-order valence-corrected chi connectivity index (χ1v) is 11.6. The molecule has 2 saturated carbocycles. The van der Waals surface area contributed by atoms with Crippen molar-refractivity contribution in [2.75, 3.05) is 6.61 Å². The second-order valence-corrected chi connectivity index (χ2v) is 9.39. The van der Waals surface area contributed by atoms with Crippen LogP contribution in [0.4, 0.5) is 4.79 Å². The van der Waals surface area contributed by atoms with E-state index in [0.29, 0.717) is 11.8 Å². The van der Waals surface area contributed by atoms with Gasteiger partial charge in [0.2, 0.25) is 5.91 Å². The zero-order chi connectivity index (χ0) is 22.9. The third-order valence-corrected chi connectivity index (χ3v) is 7.19. The van der Waals surface area contributed by atoms with Crippen LogP contribution < -0.4 is 10.6 Å². The Labute approximate surface area is 192 Å². The molecule has 0 aliphatic heterocycles. The number of aliphatic carboxylic acids is 1. The van der Waals surface area contributed by atoms with Gasteiger partial charge in [-0.1, -0.05) is 48.5 Å². The monoisotopic (exact) mass is 448 g/mol. The van der Waals surface area contributed by atoms with Crippen molar-refractivity contribution >= 4 is 18.0 Å². The van der Waals surface area contributed by atoms with Crippen LogP contribution in [0.5, 0.6) is 0 Å². The molecular weight excluding hydrogens is 420 g/mol. The van der Waals surface area contributed by atoms with Crippen molar-refractivity contribution in [3.8, 4) is 11.1 Å². The van der Waals surface area contributed by atoms with Crippen molar-refractivity contribution in [3.63, 3.8) is 0 Å². The Hall–Kier alpha value is -3.35. The van der Waals surface area contributed by atoms with Gasteiger partial charge in [-0.25, -0.2) is 4.79 Å². The fraction of sp³-hybridized carbons (Fsp3) is 0.423. The van der Waals surface area contributed by atoms with Gasteiger partial charge < -0.3 is 20.5 Å². The molecule has 3 aliphatic rings. The van der Waals surface area contributed by atoms with E-state index in [1.165, 1.54) is 6.42 Å². The van der Waals surface area contributed by atoms with E-state index in [1.807, 2.05) is 36.4 Å². The third kappa shape index (κ3) is 4.58. The molecule has 2 fully saturated rings. The molecule has 33 heavy (non-hydrogen) atoms. The van der Waals surface area contributed by atoms with Crippen molar-refractivity contribution in [2.45, 2.75) is 50.1 Å². The highest BCUT2D eigenvalue weighted by Gasteiger charge is 2.46. The summed E-state index contributed by atoms with van der Waals surface area (Å²) >= 11 is 0. The van der Waals surface area contributed by atoms with E-state index in [-0.39, 0.29) is 37.3 Å². The molecule has 0 radical (unpaired) electrons. The van der Waals surface area contributed by atoms with Crippen LogP contribution in [0.25, 0.3) is 11.1 Å². The summed E-state index contributed by atoms with van der Waals surface area (Å²) in [5.74, 6) is -0.00862. The molecular formula is C26H28N2O5. The maximum Gasteiger partial charge on any atom is 0.407 e. The molecule has 2 aromatic rings. The van der Waals surface area contributed by atoms with Crippen LogP contribution in [0, 0.1) is 11.8 Å². The average molecular weight is 449 g/mol.